The average Bonchev–Trinajstić information content (AvgIpc) is 2.84. The topological polar surface area (TPSA) is 59.8 Å². The van der Waals surface area contributed by atoms with E-state index in [2.05, 4.69) is 4.74 Å². The highest BCUT2D eigenvalue weighted by Crippen LogP contribution is 2.19. The Morgan fingerprint density at radius 3 is 2.53 bits per heavy atom. The van der Waals surface area contributed by atoms with Crippen molar-refractivity contribution in [1.29, 1.82) is 0 Å². The van der Waals surface area contributed by atoms with E-state index in [0.717, 1.165) is 0 Å². The van der Waals surface area contributed by atoms with Crippen molar-refractivity contribution in [3.05, 3.63) is 24.2 Å². The van der Waals surface area contributed by atoms with Crippen molar-refractivity contribution >= 4 is 11.9 Å². The smallest absolute Gasteiger partial charge is 0.307 e. The van der Waals surface area contributed by atoms with Gasteiger partial charge in [0.25, 0.3) is 0 Å². The fraction of sp³-hybridized carbons (Fsp3) is 0.571. The molecule has 5 heteroatoms. The number of ether oxygens (including phenoxy) is 1. The molecule has 0 saturated heterocycles. The van der Waals surface area contributed by atoms with Crippen LogP contribution in [-0.4, -0.2) is 30.4 Å². The molecule has 1 amide bonds. The third-order valence-electron chi connectivity index (χ3n) is 2.67. The molecule has 1 aromatic rings. The number of rotatable bonds is 5. The van der Waals surface area contributed by atoms with Crippen molar-refractivity contribution in [1.82, 2.24) is 4.90 Å². The van der Waals surface area contributed by atoms with Gasteiger partial charge in [-0.3, -0.25) is 9.59 Å². The standard InChI is InChI=1S/C14H21NO4/c1-14(2,3)13(17)15(8-7-12(16)18-4)10-11-6-5-9-19-11/h5-6,9H,7-8,10H2,1-4H3. The molecule has 19 heavy (non-hydrogen) atoms. The first kappa shape index (κ1) is 15.3. The summed E-state index contributed by atoms with van der Waals surface area (Å²) in [6.07, 6.45) is 1.74. The Kier molecular flexibility index (Phi) is 5.15. The normalized spacial score (nSPS) is 11.2. The minimum atomic E-state index is -0.497. The van der Waals surface area contributed by atoms with Crippen LogP contribution in [0.1, 0.15) is 33.0 Å². The van der Waals surface area contributed by atoms with Crippen LogP contribution in [0.3, 0.4) is 0 Å². The molecule has 1 rings (SSSR count). The maximum absolute atomic E-state index is 12.3. The Morgan fingerprint density at radius 1 is 1.37 bits per heavy atom. The predicted octanol–water partition coefficient (Wildman–Crippen LogP) is 2.22. The van der Waals surface area contributed by atoms with Crippen molar-refractivity contribution in [2.45, 2.75) is 33.7 Å². The van der Waals surface area contributed by atoms with Gasteiger partial charge in [0.1, 0.15) is 5.76 Å². The van der Waals surface area contributed by atoms with Crippen LogP contribution < -0.4 is 0 Å². The lowest BCUT2D eigenvalue weighted by Gasteiger charge is -2.28. The van der Waals surface area contributed by atoms with Crippen LogP contribution in [0, 0.1) is 5.41 Å². The molecule has 1 aromatic heterocycles. The van der Waals surface area contributed by atoms with E-state index in [9.17, 15) is 9.59 Å². The molecular weight excluding hydrogens is 246 g/mol. The number of methoxy groups -OCH3 is 1. The Bertz CT molecular complexity index is 417. The number of carbonyl (C=O) groups is 2. The molecule has 0 aliphatic carbocycles. The molecule has 0 aromatic carbocycles. The highest BCUT2D eigenvalue weighted by atomic mass is 16.5. The lowest BCUT2D eigenvalue weighted by atomic mass is 9.94. The zero-order valence-electron chi connectivity index (χ0n) is 11.9. The monoisotopic (exact) mass is 267 g/mol. The number of amides is 1. The molecule has 0 unspecified atom stereocenters. The maximum atomic E-state index is 12.3. The highest BCUT2D eigenvalue weighted by molar-refractivity contribution is 5.82. The number of esters is 1. The summed E-state index contributed by atoms with van der Waals surface area (Å²) in [5, 5.41) is 0. The van der Waals surface area contributed by atoms with Crippen LogP contribution in [0.2, 0.25) is 0 Å². The summed E-state index contributed by atoms with van der Waals surface area (Å²) in [6, 6.07) is 3.58. The van der Waals surface area contributed by atoms with Crippen LogP contribution in [0.4, 0.5) is 0 Å². The van der Waals surface area contributed by atoms with Crippen LogP contribution in [0.25, 0.3) is 0 Å². The largest absolute Gasteiger partial charge is 0.469 e. The Morgan fingerprint density at radius 2 is 2.05 bits per heavy atom. The number of furan rings is 1. The molecule has 106 valence electrons. The summed E-state index contributed by atoms with van der Waals surface area (Å²) in [6.45, 7) is 6.23. The molecule has 0 spiro atoms. The van der Waals surface area contributed by atoms with Gasteiger partial charge >= 0.3 is 5.97 Å². The third-order valence-corrected chi connectivity index (χ3v) is 2.67. The van der Waals surface area contributed by atoms with Crippen molar-refractivity contribution in [3.8, 4) is 0 Å². The Labute approximate surface area is 113 Å². The van der Waals surface area contributed by atoms with E-state index in [1.807, 2.05) is 20.8 Å². The van der Waals surface area contributed by atoms with Gasteiger partial charge in [-0.05, 0) is 12.1 Å². The van der Waals surface area contributed by atoms with Crippen molar-refractivity contribution < 1.29 is 18.7 Å². The van der Waals surface area contributed by atoms with Gasteiger partial charge in [-0.1, -0.05) is 20.8 Å². The van der Waals surface area contributed by atoms with E-state index in [1.54, 1.807) is 23.3 Å². The van der Waals surface area contributed by atoms with Crippen molar-refractivity contribution in [3.63, 3.8) is 0 Å². The van der Waals surface area contributed by atoms with E-state index in [-0.39, 0.29) is 18.3 Å². The van der Waals surface area contributed by atoms with E-state index >= 15 is 0 Å². The summed E-state index contributed by atoms with van der Waals surface area (Å²) in [5.41, 5.74) is -0.497. The second-order valence-electron chi connectivity index (χ2n) is 5.38. The summed E-state index contributed by atoms with van der Waals surface area (Å²) in [7, 11) is 1.34. The van der Waals surface area contributed by atoms with Gasteiger partial charge in [0, 0.05) is 12.0 Å². The zero-order chi connectivity index (χ0) is 14.5. The summed E-state index contributed by atoms with van der Waals surface area (Å²) >= 11 is 0. The third kappa shape index (κ3) is 4.77. The van der Waals surface area contributed by atoms with Crippen LogP contribution >= 0.6 is 0 Å². The van der Waals surface area contributed by atoms with E-state index in [1.165, 1.54) is 7.11 Å². The van der Waals surface area contributed by atoms with E-state index < -0.39 is 5.41 Å². The SMILES string of the molecule is COC(=O)CCN(Cc1ccco1)C(=O)C(C)(C)C. The average molecular weight is 267 g/mol. The number of carbonyl (C=O) groups excluding carboxylic acids is 2. The molecule has 0 saturated carbocycles. The lowest BCUT2D eigenvalue weighted by molar-refractivity contribution is -0.144. The van der Waals surface area contributed by atoms with Crippen LogP contribution in [0.15, 0.2) is 22.8 Å². The first-order valence-electron chi connectivity index (χ1n) is 6.23. The quantitative estimate of drug-likeness (QED) is 0.767. The van der Waals surface area contributed by atoms with E-state index in [4.69, 9.17) is 4.42 Å². The molecule has 0 N–H and O–H groups in total. The van der Waals surface area contributed by atoms with Gasteiger partial charge < -0.3 is 14.1 Å². The van der Waals surface area contributed by atoms with Gasteiger partial charge in [-0.25, -0.2) is 0 Å². The minimum absolute atomic E-state index is 0.0206. The molecular formula is C14H21NO4. The summed E-state index contributed by atoms with van der Waals surface area (Å²) in [4.78, 5) is 25.2. The number of hydrogen-bond acceptors (Lipinski definition) is 4. The molecule has 0 atom stereocenters. The maximum Gasteiger partial charge on any atom is 0.307 e. The first-order valence-corrected chi connectivity index (χ1v) is 6.23. The number of hydrogen-bond donors (Lipinski definition) is 0. The first-order chi connectivity index (χ1) is 8.84. The second-order valence-corrected chi connectivity index (χ2v) is 5.38. The summed E-state index contributed by atoms with van der Waals surface area (Å²) in [5.74, 6) is 0.349. The highest BCUT2D eigenvalue weighted by Gasteiger charge is 2.28. The van der Waals surface area contributed by atoms with Crippen LogP contribution in [-0.2, 0) is 20.9 Å². The predicted molar refractivity (Wildman–Crippen MR) is 70.2 cm³/mol. The fourth-order valence-corrected chi connectivity index (χ4v) is 1.65. The van der Waals surface area contributed by atoms with Gasteiger partial charge in [0.05, 0.1) is 26.3 Å². The molecule has 1 heterocycles. The molecule has 0 aliphatic rings. The molecule has 0 bridgehead atoms. The summed E-state index contributed by atoms with van der Waals surface area (Å²) < 4.78 is 9.85. The fourth-order valence-electron chi connectivity index (χ4n) is 1.65. The van der Waals surface area contributed by atoms with Gasteiger partial charge in [0.15, 0.2) is 0 Å². The van der Waals surface area contributed by atoms with Gasteiger partial charge in [-0.2, -0.15) is 0 Å². The number of nitrogens with zero attached hydrogens (tertiary/aromatic N) is 1. The van der Waals surface area contributed by atoms with Gasteiger partial charge in [-0.15, -0.1) is 0 Å². The van der Waals surface area contributed by atoms with Gasteiger partial charge in [0.2, 0.25) is 5.91 Å². The Hall–Kier alpha value is -1.78. The lowest BCUT2D eigenvalue weighted by Crippen LogP contribution is -2.40. The van der Waals surface area contributed by atoms with Crippen molar-refractivity contribution in [2.75, 3.05) is 13.7 Å². The van der Waals surface area contributed by atoms with Crippen LogP contribution in [0.5, 0.6) is 0 Å². The molecule has 5 nitrogen and oxygen atoms in total. The second kappa shape index (κ2) is 6.41. The Balaban J connectivity index is 2.73. The zero-order valence-corrected chi connectivity index (χ0v) is 11.9. The minimum Gasteiger partial charge on any atom is -0.469 e. The van der Waals surface area contributed by atoms with Crippen molar-refractivity contribution in [2.24, 2.45) is 5.41 Å². The molecule has 0 aliphatic heterocycles. The molecule has 0 fully saturated rings. The molecule has 0 radical (unpaired) electrons. The van der Waals surface area contributed by atoms with E-state index in [0.29, 0.717) is 18.8 Å².